The number of rotatable bonds is 9. The van der Waals surface area contributed by atoms with Crippen molar-refractivity contribution >= 4 is 17.3 Å². The predicted molar refractivity (Wildman–Crippen MR) is 82.7 cm³/mol. The molecule has 1 aromatic carbocycles. The minimum atomic E-state index is -0.415. The van der Waals surface area contributed by atoms with Gasteiger partial charge in [0.1, 0.15) is 5.82 Å². The average Bonchev–Trinajstić information content (AvgIpc) is 2.45. The van der Waals surface area contributed by atoms with E-state index in [4.69, 9.17) is 10.5 Å². The van der Waals surface area contributed by atoms with Gasteiger partial charge >= 0.3 is 0 Å². The van der Waals surface area contributed by atoms with Crippen molar-refractivity contribution in [1.29, 1.82) is 0 Å². The molecule has 6 heteroatoms. The van der Waals surface area contributed by atoms with Gasteiger partial charge in [0.2, 0.25) is 5.91 Å². The molecule has 0 aliphatic heterocycles. The number of benzene rings is 1. The van der Waals surface area contributed by atoms with Crippen molar-refractivity contribution in [3.05, 3.63) is 24.0 Å². The molecule has 3 N–H and O–H groups in total. The van der Waals surface area contributed by atoms with E-state index in [2.05, 4.69) is 17.1 Å². The summed E-state index contributed by atoms with van der Waals surface area (Å²) in [5.74, 6) is -0.529. The summed E-state index contributed by atoms with van der Waals surface area (Å²) in [7, 11) is 1.67. The highest BCUT2D eigenvalue weighted by atomic mass is 19.1. The Morgan fingerprint density at radius 3 is 2.81 bits per heavy atom. The van der Waals surface area contributed by atoms with Crippen molar-refractivity contribution in [3.63, 3.8) is 0 Å². The first-order valence-corrected chi connectivity index (χ1v) is 7.13. The molecule has 1 amide bonds. The van der Waals surface area contributed by atoms with Crippen molar-refractivity contribution in [2.75, 3.05) is 44.4 Å². The Morgan fingerprint density at radius 1 is 1.43 bits per heavy atom. The van der Waals surface area contributed by atoms with E-state index in [-0.39, 0.29) is 11.6 Å². The van der Waals surface area contributed by atoms with Crippen LogP contribution in [0, 0.1) is 5.82 Å². The molecule has 1 rings (SSSR count). The summed E-state index contributed by atoms with van der Waals surface area (Å²) in [4.78, 5) is 14.1. The summed E-state index contributed by atoms with van der Waals surface area (Å²) in [6, 6.07) is 3.94. The number of carbonyl (C=O) groups is 1. The van der Waals surface area contributed by atoms with Crippen LogP contribution in [-0.4, -0.2) is 44.2 Å². The molecule has 0 aliphatic rings. The summed E-state index contributed by atoms with van der Waals surface area (Å²) in [5.41, 5.74) is 6.33. The average molecular weight is 297 g/mol. The SMILES string of the molecule is CCN(CCCC(=O)Nc1ccc(F)cc1N)CCOC. The predicted octanol–water partition coefficient (Wildman–Crippen LogP) is 2.09. The van der Waals surface area contributed by atoms with Gasteiger partial charge in [0.15, 0.2) is 0 Å². The first kappa shape index (κ1) is 17.4. The first-order chi connectivity index (χ1) is 10.1. The van der Waals surface area contributed by atoms with Crippen LogP contribution >= 0.6 is 0 Å². The Morgan fingerprint density at radius 2 is 2.19 bits per heavy atom. The number of anilines is 2. The molecule has 5 nitrogen and oxygen atoms in total. The summed E-state index contributed by atoms with van der Waals surface area (Å²) >= 11 is 0. The fourth-order valence-electron chi connectivity index (χ4n) is 1.97. The molecule has 1 aromatic rings. The van der Waals surface area contributed by atoms with Gasteiger partial charge in [0.05, 0.1) is 18.0 Å². The number of nitrogen functional groups attached to an aromatic ring is 1. The zero-order valence-corrected chi connectivity index (χ0v) is 12.7. The van der Waals surface area contributed by atoms with Crippen LogP contribution in [0.1, 0.15) is 19.8 Å². The summed E-state index contributed by atoms with van der Waals surface area (Å²) in [6.45, 7) is 5.39. The Hall–Kier alpha value is -1.66. The standard InChI is InChI=1S/C15H24FN3O2/c1-3-19(9-10-21-2)8-4-5-15(20)18-14-7-6-12(16)11-13(14)17/h6-7,11H,3-5,8-10,17H2,1-2H3,(H,18,20). The minimum Gasteiger partial charge on any atom is -0.397 e. The lowest BCUT2D eigenvalue weighted by molar-refractivity contribution is -0.116. The second kappa shape index (κ2) is 9.31. The van der Waals surface area contributed by atoms with E-state index >= 15 is 0 Å². The maximum absolute atomic E-state index is 12.9. The number of nitrogens with two attached hydrogens (primary N) is 1. The van der Waals surface area contributed by atoms with Crippen molar-refractivity contribution in [2.45, 2.75) is 19.8 Å². The number of halogens is 1. The van der Waals surface area contributed by atoms with Crippen LogP contribution in [0.25, 0.3) is 0 Å². The molecular formula is C15H24FN3O2. The van der Waals surface area contributed by atoms with Crippen molar-refractivity contribution in [1.82, 2.24) is 4.90 Å². The fourth-order valence-corrected chi connectivity index (χ4v) is 1.97. The Labute approximate surface area is 125 Å². The van der Waals surface area contributed by atoms with Crippen molar-refractivity contribution in [3.8, 4) is 0 Å². The molecule has 0 aliphatic carbocycles. The molecule has 0 heterocycles. The third-order valence-corrected chi connectivity index (χ3v) is 3.22. The maximum atomic E-state index is 12.9. The number of amides is 1. The number of hydrogen-bond acceptors (Lipinski definition) is 4. The van der Waals surface area contributed by atoms with Crippen molar-refractivity contribution in [2.24, 2.45) is 0 Å². The molecule has 0 aromatic heterocycles. The van der Waals surface area contributed by atoms with Gasteiger partial charge in [-0.2, -0.15) is 0 Å². The third kappa shape index (κ3) is 6.55. The van der Waals surface area contributed by atoms with E-state index in [0.29, 0.717) is 18.7 Å². The van der Waals surface area contributed by atoms with E-state index < -0.39 is 5.82 Å². The van der Waals surface area contributed by atoms with Gasteiger partial charge in [-0.3, -0.25) is 4.79 Å². The number of hydrogen-bond donors (Lipinski definition) is 2. The topological polar surface area (TPSA) is 67.6 Å². The quantitative estimate of drug-likeness (QED) is 0.685. The summed E-state index contributed by atoms with van der Waals surface area (Å²) in [6.07, 6.45) is 1.16. The molecular weight excluding hydrogens is 273 g/mol. The molecule has 0 saturated heterocycles. The Balaban J connectivity index is 2.33. The Kier molecular flexibility index (Phi) is 7.71. The molecule has 0 spiro atoms. The van der Waals surface area contributed by atoms with Gasteiger partial charge in [-0.1, -0.05) is 6.92 Å². The highest BCUT2D eigenvalue weighted by molar-refractivity contribution is 5.93. The van der Waals surface area contributed by atoms with Crippen LogP contribution in [0.2, 0.25) is 0 Å². The van der Waals surface area contributed by atoms with Gasteiger partial charge in [0.25, 0.3) is 0 Å². The number of ether oxygens (including phenoxy) is 1. The van der Waals surface area contributed by atoms with E-state index in [1.807, 2.05) is 0 Å². The van der Waals surface area contributed by atoms with Crippen LogP contribution in [0.15, 0.2) is 18.2 Å². The zero-order valence-electron chi connectivity index (χ0n) is 12.7. The van der Waals surface area contributed by atoms with Gasteiger partial charge in [0, 0.05) is 20.1 Å². The van der Waals surface area contributed by atoms with Gasteiger partial charge in [-0.15, -0.1) is 0 Å². The number of carbonyl (C=O) groups excluding carboxylic acids is 1. The summed E-state index contributed by atoms with van der Waals surface area (Å²) < 4.78 is 17.9. The second-order valence-electron chi connectivity index (χ2n) is 4.81. The number of nitrogens with zero attached hydrogens (tertiary/aromatic N) is 1. The number of nitrogens with one attached hydrogen (secondary N) is 1. The number of likely N-dealkylation sites (N-methyl/N-ethyl adjacent to an activating group) is 1. The van der Waals surface area contributed by atoms with E-state index in [0.717, 1.165) is 26.1 Å². The fraction of sp³-hybridized carbons (Fsp3) is 0.533. The third-order valence-electron chi connectivity index (χ3n) is 3.22. The van der Waals surface area contributed by atoms with Gasteiger partial charge in [-0.05, 0) is 37.7 Å². The normalized spacial score (nSPS) is 10.9. The molecule has 0 atom stereocenters. The van der Waals surface area contributed by atoms with E-state index in [1.165, 1.54) is 18.2 Å². The smallest absolute Gasteiger partial charge is 0.224 e. The van der Waals surface area contributed by atoms with Crippen LogP contribution in [-0.2, 0) is 9.53 Å². The maximum Gasteiger partial charge on any atom is 0.224 e. The second-order valence-corrected chi connectivity index (χ2v) is 4.81. The van der Waals surface area contributed by atoms with Crippen molar-refractivity contribution < 1.29 is 13.9 Å². The lowest BCUT2D eigenvalue weighted by Gasteiger charge is -2.19. The molecule has 0 saturated carbocycles. The molecule has 0 unspecified atom stereocenters. The van der Waals surface area contributed by atoms with Crippen LogP contribution in [0.4, 0.5) is 15.8 Å². The molecule has 0 fully saturated rings. The number of methoxy groups -OCH3 is 1. The van der Waals surface area contributed by atoms with E-state index in [1.54, 1.807) is 7.11 Å². The lowest BCUT2D eigenvalue weighted by atomic mass is 10.2. The largest absolute Gasteiger partial charge is 0.397 e. The molecule has 0 radical (unpaired) electrons. The molecule has 0 bridgehead atoms. The lowest BCUT2D eigenvalue weighted by Crippen LogP contribution is -2.29. The molecule has 118 valence electrons. The van der Waals surface area contributed by atoms with Gasteiger partial charge in [-0.25, -0.2) is 4.39 Å². The Bertz CT molecular complexity index is 455. The van der Waals surface area contributed by atoms with Crippen LogP contribution in [0.5, 0.6) is 0 Å². The first-order valence-electron chi connectivity index (χ1n) is 7.13. The van der Waals surface area contributed by atoms with Crippen LogP contribution in [0.3, 0.4) is 0 Å². The van der Waals surface area contributed by atoms with E-state index in [9.17, 15) is 9.18 Å². The zero-order chi connectivity index (χ0) is 15.7. The minimum absolute atomic E-state index is 0.115. The highest BCUT2D eigenvalue weighted by Crippen LogP contribution is 2.19. The monoisotopic (exact) mass is 297 g/mol. The van der Waals surface area contributed by atoms with Gasteiger partial charge < -0.3 is 20.7 Å². The molecule has 21 heavy (non-hydrogen) atoms. The highest BCUT2D eigenvalue weighted by Gasteiger charge is 2.08. The summed E-state index contributed by atoms with van der Waals surface area (Å²) in [5, 5.41) is 2.70. The van der Waals surface area contributed by atoms with Crippen LogP contribution < -0.4 is 11.1 Å².